The van der Waals surface area contributed by atoms with Crippen LogP contribution in [0.1, 0.15) is 27.2 Å². The van der Waals surface area contributed by atoms with E-state index in [2.05, 4.69) is 10.6 Å². The normalized spacial score (nSPS) is 12.6. The molecular weight excluding hydrogens is 371 g/mol. The molecule has 0 saturated heterocycles. The molecule has 3 rings (SSSR count). The van der Waals surface area contributed by atoms with Crippen molar-refractivity contribution in [3.05, 3.63) is 45.0 Å². The van der Waals surface area contributed by atoms with Gasteiger partial charge in [-0.1, -0.05) is 11.6 Å². The lowest BCUT2D eigenvalue weighted by Crippen LogP contribution is -2.20. The molecule has 1 heterocycles. The number of anilines is 2. The standard InChI is InChI=1S/C16H14ClFN2O2S2/c1-22-15(21)13-9-3-2-4-12(9)24-14(13)20-16(23)19-11-6-5-8(17)7-10(11)18/h5-7H,2-4H2,1H3,(H2,19,20,23). The van der Waals surface area contributed by atoms with E-state index in [9.17, 15) is 9.18 Å². The number of carbonyl (C=O) groups excluding carboxylic acids is 1. The summed E-state index contributed by atoms with van der Waals surface area (Å²) in [7, 11) is 1.35. The molecule has 0 atom stereocenters. The van der Waals surface area contributed by atoms with Crippen molar-refractivity contribution in [2.75, 3.05) is 17.7 Å². The number of ether oxygens (including phenoxy) is 1. The number of methoxy groups -OCH3 is 1. The highest BCUT2D eigenvalue weighted by molar-refractivity contribution is 7.80. The highest BCUT2D eigenvalue weighted by atomic mass is 35.5. The monoisotopic (exact) mass is 384 g/mol. The highest BCUT2D eigenvalue weighted by Crippen LogP contribution is 2.39. The fourth-order valence-electron chi connectivity index (χ4n) is 2.66. The molecule has 0 amide bonds. The van der Waals surface area contributed by atoms with Crippen molar-refractivity contribution >= 4 is 56.9 Å². The molecule has 1 aliphatic rings. The van der Waals surface area contributed by atoms with E-state index in [0.29, 0.717) is 15.6 Å². The van der Waals surface area contributed by atoms with Crippen molar-refractivity contribution in [3.63, 3.8) is 0 Å². The van der Waals surface area contributed by atoms with Gasteiger partial charge in [0.1, 0.15) is 10.8 Å². The zero-order valence-electron chi connectivity index (χ0n) is 12.7. The van der Waals surface area contributed by atoms with Crippen molar-refractivity contribution in [1.82, 2.24) is 0 Å². The van der Waals surface area contributed by atoms with E-state index in [-0.39, 0.29) is 10.8 Å². The lowest BCUT2D eigenvalue weighted by Gasteiger charge is -2.12. The third-order valence-electron chi connectivity index (χ3n) is 3.72. The molecule has 0 spiro atoms. The van der Waals surface area contributed by atoms with Crippen LogP contribution in [0.25, 0.3) is 0 Å². The first-order chi connectivity index (χ1) is 11.5. The number of nitrogens with one attached hydrogen (secondary N) is 2. The van der Waals surface area contributed by atoms with Crippen LogP contribution in [-0.2, 0) is 17.6 Å². The van der Waals surface area contributed by atoms with Gasteiger partial charge >= 0.3 is 5.97 Å². The van der Waals surface area contributed by atoms with Gasteiger partial charge in [-0.15, -0.1) is 11.3 Å². The number of aryl methyl sites for hydroxylation is 1. The number of thiocarbonyl (C=S) groups is 1. The quantitative estimate of drug-likeness (QED) is 0.597. The Morgan fingerprint density at radius 3 is 2.88 bits per heavy atom. The molecule has 1 aromatic heterocycles. The van der Waals surface area contributed by atoms with Crippen molar-refractivity contribution in [3.8, 4) is 0 Å². The lowest BCUT2D eigenvalue weighted by molar-refractivity contribution is 0.0601. The van der Waals surface area contributed by atoms with E-state index >= 15 is 0 Å². The van der Waals surface area contributed by atoms with Crippen LogP contribution in [0.5, 0.6) is 0 Å². The summed E-state index contributed by atoms with van der Waals surface area (Å²) in [5.74, 6) is -0.897. The summed E-state index contributed by atoms with van der Waals surface area (Å²) >= 11 is 12.4. The second kappa shape index (κ2) is 7.04. The zero-order valence-corrected chi connectivity index (χ0v) is 15.1. The predicted molar refractivity (Wildman–Crippen MR) is 98.9 cm³/mol. The van der Waals surface area contributed by atoms with Gasteiger partial charge in [0.05, 0.1) is 18.4 Å². The molecule has 1 aromatic carbocycles. The minimum atomic E-state index is -0.506. The molecule has 0 bridgehead atoms. The first-order valence-corrected chi connectivity index (χ1v) is 8.85. The van der Waals surface area contributed by atoms with E-state index in [4.69, 9.17) is 28.6 Å². The van der Waals surface area contributed by atoms with Gasteiger partial charge in [-0.25, -0.2) is 9.18 Å². The van der Waals surface area contributed by atoms with Gasteiger partial charge in [0.2, 0.25) is 0 Å². The minimum Gasteiger partial charge on any atom is -0.465 e. The van der Waals surface area contributed by atoms with Crippen molar-refractivity contribution < 1.29 is 13.9 Å². The Labute approximate surface area is 153 Å². The van der Waals surface area contributed by atoms with E-state index in [0.717, 1.165) is 24.8 Å². The molecule has 4 nitrogen and oxygen atoms in total. The summed E-state index contributed by atoms with van der Waals surface area (Å²) in [4.78, 5) is 13.3. The number of rotatable bonds is 3. The maximum atomic E-state index is 13.8. The summed E-state index contributed by atoms with van der Waals surface area (Å²) in [6.07, 6.45) is 2.83. The largest absolute Gasteiger partial charge is 0.465 e. The number of benzene rings is 1. The first-order valence-electron chi connectivity index (χ1n) is 7.25. The molecule has 126 valence electrons. The number of carbonyl (C=O) groups is 1. The molecule has 2 N–H and O–H groups in total. The van der Waals surface area contributed by atoms with Gasteiger partial charge in [0.25, 0.3) is 0 Å². The molecule has 0 fully saturated rings. The van der Waals surface area contributed by atoms with Crippen molar-refractivity contribution in [2.45, 2.75) is 19.3 Å². The topological polar surface area (TPSA) is 50.4 Å². The number of halogens is 2. The van der Waals surface area contributed by atoms with E-state index in [1.807, 2.05) is 0 Å². The number of hydrogen-bond donors (Lipinski definition) is 2. The van der Waals surface area contributed by atoms with Crippen LogP contribution in [0.4, 0.5) is 15.1 Å². The fraction of sp³-hybridized carbons (Fsp3) is 0.250. The summed E-state index contributed by atoms with van der Waals surface area (Å²) in [5.41, 5.74) is 1.76. The zero-order chi connectivity index (χ0) is 17.3. The lowest BCUT2D eigenvalue weighted by atomic mass is 10.1. The maximum Gasteiger partial charge on any atom is 0.341 e. The van der Waals surface area contributed by atoms with Gasteiger partial charge in [-0.05, 0) is 55.2 Å². The van der Waals surface area contributed by atoms with E-state index in [1.54, 1.807) is 6.07 Å². The molecule has 2 aromatic rings. The SMILES string of the molecule is COC(=O)c1c(NC(=S)Nc2ccc(Cl)cc2F)sc2c1CCC2. The Balaban J connectivity index is 1.81. The van der Waals surface area contributed by atoms with Crippen LogP contribution in [0.15, 0.2) is 18.2 Å². The van der Waals surface area contributed by atoms with Gasteiger partial charge in [0, 0.05) is 9.90 Å². The Bertz CT molecular complexity index is 823. The number of hydrogen-bond acceptors (Lipinski definition) is 4. The van der Waals surface area contributed by atoms with Crippen molar-refractivity contribution in [2.24, 2.45) is 0 Å². The average Bonchev–Trinajstić information content (AvgIpc) is 3.10. The fourth-order valence-corrected chi connectivity index (χ4v) is 4.38. The molecule has 0 unspecified atom stereocenters. The molecule has 0 aliphatic heterocycles. The van der Waals surface area contributed by atoms with Crippen molar-refractivity contribution in [1.29, 1.82) is 0 Å². The highest BCUT2D eigenvalue weighted by Gasteiger charge is 2.27. The Hall–Kier alpha value is -1.70. The van der Waals surface area contributed by atoms with Crippen LogP contribution >= 0.6 is 35.2 Å². The Morgan fingerprint density at radius 2 is 2.17 bits per heavy atom. The predicted octanol–water partition coefficient (Wildman–Crippen LogP) is 4.62. The van der Waals surface area contributed by atoms with Gasteiger partial charge in [-0.2, -0.15) is 0 Å². The van der Waals surface area contributed by atoms with Crippen LogP contribution in [0.3, 0.4) is 0 Å². The number of fused-ring (bicyclic) bond motifs is 1. The first kappa shape index (κ1) is 17.1. The van der Waals surface area contributed by atoms with Crippen LogP contribution in [0, 0.1) is 5.82 Å². The van der Waals surface area contributed by atoms with Gasteiger partial charge in [0.15, 0.2) is 5.11 Å². The Morgan fingerprint density at radius 1 is 1.38 bits per heavy atom. The third-order valence-corrected chi connectivity index (χ3v) is 5.36. The molecule has 24 heavy (non-hydrogen) atoms. The molecule has 1 aliphatic carbocycles. The van der Waals surface area contributed by atoms with Crippen LogP contribution in [-0.4, -0.2) is 18.2 Å². The second-order valence-corrected chi connectivity index (χ2v) is 7.21. The minimum absolute atomic E-state index is 0.196. The van der Waals surface area contributed by atoms with Gasteiger partial charge < -0.3 is 15.4 Å². The summed E-state index contributed by atoms with van der Waals surface area (Å²) in [6, 6.07) is 4.27. The Kier molecular flexibility index (Phi) is 5.03. The van der Waals surface area contributed by atoms with E-state index in [1.165, 1.54) is 35.5 Å². The molecule has 0 radical (unpaired) electrons. The van der Waals surface area contributed by atoms with Crippen LogP contribution in [0.2, 0.25) is 5.02 Å². The van der Waals surface area contributed by atoms with Crippen LogP contribution < -0.4 is 10.6 Å². The second-order valence-electron chi connectivity index (χ2n) is 5.26. The molecule has 0 saturated carbocycles. The van der Waals surface area contributed by atoms with Gasteiger partial charge in [-0.3, -0.25) is 0 Å². The number of esters is 1. The third kappa shape index (κ3) is 3.38. The maximum absolute atomic E-state index is 13.8. The average molecular weight is 385 g/mol. The summed E-state index contributed by atoms with van der Waals surface area (Å²) < 4.78 is 18.7. The molecular formula is C16H14ClFN2O2S2. The molecule has 8 heteroatoms. The van der Waals surface area contributed by atoms with E-state index < -0.39 is 11.8 Å². The summed E-state index contributed by atoms with van der Waals surface area (Å²) in [6.45, 7) is 0. The smallest absolute Gasteiger partial charge is 0.341 e. The number of thiophene rings is 1. The summed E-state index contributed by atoms with van der Waals surface area (Å²) in [5, 5.41) is 6.88.